The fourth-order valence-corrected chi connectivity index (χ4v) is 4.90. The molecule has 3 saturated heterocycles. The second-order valence-electron chi connectivity index (χ2n) is 8.21. The predicted octanol–water partition coefficient (Wildman–Crippen LogP) is 4.31. The van der Waals surface area contributed by atoms with E-state index in [0.717, 1.165) is 48.5 Å². The van der Waals surface area contributed by atoms with E-state index >= 15 is 0 Å². The van der Waals surface area contributed by atoms with Crippen molar-refractivity contribution in [3.8, 4) is 11.8 Å². The molecule has 0 spiro atoms. The normalized spacial score (nSPS) is 26.2. The number of piperidine rings is 3. The lowest BCUT2D eigenvalue weighted by Crippen LogP contribution is -2.55. The number of benzene rings is 2. The number of aromatic nitrogens is 1. The molecule has 0 saturated carbocycles. The van der Waals surface area contributed by atoms with Gasteiger partial charge in [0.2, 0.25) is 0 Å². The summed E-state index contributed by atoms with van der Waals surface area (Å²) in [6.07, 6.45) is 3.03. The van der Waals surface area contributed by atoms with Crippen molar-refractivity contribution < 1.29 is 13.9 Å². The topological polar surface area (TPSA) is 36.4 Å². The molecule has 3 aromatic rings. The van der Waals surface area contributed by atoms with Gasteiger partial charge in [-0.3, -0.25) is 9.88 Å². The maximum atomic E-state index is 13.9. The third kappa shape index (κ3) is 3.47. The van der Waals surface area contributed by atoms with Gasteiger partial charge < -0.3 is 5.11 Å². The van der Waals surface area contributed by atoms with Crippen LogP contribution in [0.2, 0.25) is 0 Å². The van der Waals surface area contributed by atoms with E-state index in [4.69, 9.17) is 0 Å². The lowest BCUT2D eigenvalue weighted by atomic mass is 9.73. The molecule has 30 heavy (non-hydrogen) atoms. The van der Waals surface area contributed by atoms with Crippen molar-refractivity contribution in [2.45, 2.75) is 25.0 Å². The van der Waals surface area contributed by atoms with Crippen LogP contribution in [0.15, 0.2) is 54.7 Å². The van der Waals surface area contributed by atoms with Crippen LogP contribution >= 0.6 is 0 Å². The number of halogens is 2. The Balaban J connectivity index is 1.36. The zero-order chi connectivity index (χ0) is 20.7. The lowest BCUT2D eigenvalue weighted by Gasteiger charge is -2.50. The van der Waals surface area contributed by atoms with E-state index in [0.29, 0.717) is 5.92 Å². The minimum Gasteiger partial charge on any atom is -0.387 e. The number of aliphatic hydroxyl groups is 1. The van der Waals surface area contributed by atoms with E-state index in [2.05, 4.69) is 21.7 Å². The number of hydrogen-bond donors (Lipinski definition) is 1. The number of rotatable bonds is 2. The molecule has 0 radical (unpaired) electrons. The van der Waals surface area contributed by atoms with Gasteiger partial charge >= 0.3 is 0 Å². The van der Waals surface area contributed by atoms with Crippen molar-refractivity contribution in [3.63, 3.8) is 0 Å². The molecule has 3 nitrogen and oxygen atoms in total. The first-order chi connectivity index (χ1) is 14.6. The summed E-state index contributed by atoms with van der Waals surface area (Å²) in [5.74, 6) is 5.38. The Morgan fingerprint density at radius 1 is 1.13 bits per heavy atom. The highest BCUT2D eigenvalue weighted by Crippen LogP contribution is 2.41. The van der Waals surface area contributed by atoms with Crippen LogP contribution in [0.3, 0.4) is 0 Å². The highest BCUT2D eigenvalue weighted by atomic mass is 19.1. The molecule has 6 rings (SSSR count). The van der Waals surface area contributed by atoms with Crippen molar-refractivity contribution in [1.29, 1.82) is 0 Å². The number of para-hydroxylation sites is 1. The zero-order valence-electron chi connectivity index (χ0n) is 16.4. The summed E-state index contributed by atoms with van der Waals surface area (Å²) < 4.78 is 27.0. The molecule has 1 aromatic heterocycles. The molecule has 3 aliphatic rings. The van der Waals surface area contributed by atoms with Crippen LogP contribution in [0.4, 0.5) is 8.78 Å². The monoisotopic (exact) mass is 404 g/mol. The van der Waals surface area contributed by atoms with E-state index < -0.39 is 17.7 Å². The van der Waals surface area contributed by atoms with Crippen molar-refractivity contribution in [1.82, 2.24) is 9.88 Å². The zero-order valence-corrected chi connectivity index (χ0v) is 16.4. The molecule has 1 N–H and O–H groups in total. The Kier molecular flexibility index (Phi) is 4.98. The summed E-state index contributed by atoms with van der Waals surface area (Å²) in [7, 11) is 0. The van der Waals surface area contributed by atoms with Crippen molar-refractivity contribution >= 4 is 10.9 Å². The second kappa shape index (κ2) is 7.79. The summed E-state index contributed by atoms with van der Waals surface area (Å²) in [6, 6.07) is 13.3. The average molecular weight is 404 g/mol. The van der Waals surface area contributed by atoms with Crippen LogP contribution in [-0.2, 0) is 0 Å². The van der Waals surface area contributed by atoms with Crippen molar-refractivity contribution in [3.05, 3.63) is 77.5 Å². The summed E-state index contributed by atoms with van der Waals surface area (Å²) in [5.41, 5.74) is 2.02. The van der Waals surface area contributed by atoms with Gasteiger partial charge in [-0.2, -0.15) is 0 Å². The quantitative estimate of drug-likeness (QED) is 0.647. The van der Waals surface area contributed by atoms with Crippen LogP contribution < -0.4 is 0 Å². The number of fused-ring (bicyclic) bond motifs is 4. The van der Waals surface area contributed by atoms with E-state index in [1.807, 2.05) is 30.3 Å². The minimum absolute atomic E-state index is 0.0372. The predicted molar refractivity (Wildman–Crippen MR) is 112 cm³/mol. The Hall–Kier alpha value is -2.81. The fraction of sp³-hybridized carbons (Fsp3) is 0.320. The number of hydrogen-bond acceptors (Lipinski definition) is 3. The first kappa shape index (κ1) is 19.2. The summed E-state index contributed by atoms with van der Waals surface area (Å²) in [4.78, 5) is 6.70. The summed E-state index contributed by atoms with van der Waals surface area (Å²) in [5, 5.41) is 12.2. The molecule has 3 aliphatic heterocycles. The van der Waals surface area contributed by atoms with Crippen LogP contribution in [0.5, 0.6) is 0 Å². The van der Waals surface area contributed by atoms with Gasteiger partial charge in [-0.05, 0) is 55.1 Å². The Bertz CT molecular complexity index is 1150. The fourth-order valence-electron chi connectivity index (χ4n) is 4.90. The van der Waals surface area contributed by atoms with Crippen LogP contribution in [0.1, 0.15) is 30.1 Å². The average Bonchev–Trinajstić information content (AvgIpc) is 2.78. The smallest absolute Gasteiger partial charge is 0.141 e. The minimum atomic E-state index is -0.623. The highest BCUT2D eigenvalue weighted by Gasteiger charge is 2.42. The Morgan fingerprint density at radius 3 is 2.80 bits per heavy atom. The summed E-state index contributed by atoms with van der Waals surface area (Å²) >= 11 is 0. The molecular formula is C25H22F2N2O. The van der Waals surface area contributed by atoms with E-state index in [1.165, 1.54) is 12.1 Å². The van der Waals surface area contributed by atoms with Gasteiger partial charge in [0, 0.05) is 36.2 Å². The number of nitrogens with zero attached hydrogens (tertiary/aromatic N) is 2. The second-order valence-corrected chi connectivity index (χ2v) is 8.21. The van der Waals surface area contributed by atoms with Crippen molar-refractivity contribution in [2.24, 2.45) is 11.8 Å². The van der Waals surface area contributed by atoms with E-state index in [9.17, 15) is 13.9 Å². The van der Waals surface area contributed by atoms with Crippen LogP contribution in [0, 0.1) is 35.3 Å². The molecule has 0 aliphatic carbocycles. The first-order valence-corrected chi connectivity index (χ1v) is 10.3. The van der Waals surface area contributed by atoms with Gasteiger partial charge in [0.05, 0.1) is 17.2 Å². The number of pyridine rings is 1. The van der Waals surface area contributed by atoms with Gasteiger partial charge in [-0.15, -0.1) is 0 Å². The van der Waals surface area contributed by atoms with Gasteiger partial charge in [0.15, 0.2) is 0 Å². The largest absolute Gasteiger partial charge is 0.387 e. The lowest BCUT2D eigenvalue weighted by molar-refractivity contribution is -0.0425. The van der Waals surface area contributed by atoms with Crippen LogP contribution in [0.25, 0.3) is 10.9 Å². The first-order valence-electron chi connectivity index (χ1n) is 10.3. The highest BCUT2D eigenvalue weighted by molar-refractivity contribution is 5.82. The standard InChI is InChI=1S/C25H22F2N2O/c26-19-8-7-16(22(27)14-19)5-6-18-15-29-12-10-17(18)13-24(29)25(30)21-9-11-28-23-4-2-1-3-20(21)23/h1-4,7-9,11,14,17-18,24-25,30H,10,12-13,15H2/t17-,18-,24-,25+/m0/s1. The molecule has 5 heteroatoms. The van der Waals surface area contributed by atoms with E-state index in [-0.39, 0.29) is 17.5 Å². The number of aliphatic hydroxyl groups excluding tert-OH is 1. The molecule has 0 amide bonds. The molecule has 2 bridgehead atoms. The van der Waals surface area contributed by atoms with Gasteiger partial charge in [0.1, 0.15) is 11.6 Å². The molecule has 5 atom stereocenters. The van der Waals surface area contributed by atoms with Gasteiger partial charge in [-0.1, -0.05) is 30.0 Å². The third-order valence-electron chi connectivity index (χ3n) is 6.49. The van der Waals surface area contributed by atoms with Gasteiger partial charge in [-0.25, -0.2) is 8.78 Å². The maximum Gasteiger partial charge on any atom is 0.141 e. The molecule has 1 unspecified atom stereocenters. The molecular weight excluding hydrogens is 382 g/mol. The van der Waals surface area contributed by atoms with Crippen LogP contribution in [-0.4, -0.2) is 34.1 Å². The molecule has 4 heterocycles. The Morgan fingerprint density at radius 2 is 2.00 bits per heavy atom. The van der Waals surface area contributed by atoms with Gasteiger partial charge in [0.25, 0.3) is 0 Å². The molecule has 3 fully saturated rings. The maximum absolute atomic E-state index is 13.9. The molecule has 2 aromatic carbocycles. The van der Waals surface area contributed by atoms with E-state index in [1.54, 1.807) is 6.20 Å². The SMILES string of the molecule is O[C@H](c1ccnc2ccccc12)[C@@H]1C[C@@H]2CCN1C[C@@H]2C#Cc1ccc(F)cc1F. The van der Waals surface area contributed by atoms with Crippen molar-refractivity contribution in [2.75, 3.05) is 13.1 Å². The molecule has 152 valence electrons. The summed E-state index contributed by atoms with van der Waals surface area (Å²) in [6.45, 7) is 1.68. The third-order valence-corrected chi connectivity index (χ3v) is 6.49. The Labute approximate surface area is 174 Å².